The van der Waals surface area contributed by atoms with Crippen LogP contribution >= 0.6 is 46.0 Å². The maximum absolute atomic E-state index is 12.9. The van der Waals surface area contributed by atoms with Crippen LogP contribution in [0.2, 0.25) is 4.34 Å². The Labute approximate surface area is 214 Å². The van der Waals surface area contributed by atoms with Gasteiger partial charge in [-0.3, -0.25) is 14.5 Å². The molecule has 35 heavy (non-hydrogen) atoms. The summed E-state index contributed by atoms with van der Waals surface area (Å²) in [5, 5.41) is 24.8. The molecule has 0 radical (unpaired) electrons. The fourth-order valence-electron chi connectivity index (χ4n) is 4.00. The van der Waals surface area contributed by atoms with Crippen molar-refractivity contribution < 1.29 is 24.7 Å². The summed E-state index contributed by atoms with van der Waals surface area (Å²) in [6, 6.07) is 6.04. The van der Waals surface area contributed by atoms with Crippen molar-refractivity contribution in [3.8, 4) is 0 Å². The van der Waals surface area contributed by atoms with Gasteiger partial charge in [-0.1, -0.05) is 52.0 Å². The molecule has 0 bridgehead atoms. The van der Waals surface area contributed by atoms with Gasteiger partial charge in [0, 0.05) is 4.91 Å². The molecule has 0 spiro atoms. The number of thiazole rings is 2. The lowest BCUT2D eigenvalue weighted by atomic mass is 9.86. The number of aliphatic carboxylic acids is 1. The van der Waals surface area contributed by atoms with E-state index in [-0.39, 0.29) is 20.9 Å². The number of allylic oxidation sites excluding steroid dienone is 1. The molecule has 1 aromatic carbocycles. The number of aromatic nitrogens is 2. The number of carboxylic acids is 1. The van der Waals surface area contributed by atoms with Crippen LogP contribution < -0.4 is 11.1 Å². The largest absolute Gasteiger partial charge is 0.477 e. The van der Waals surface area contributed by atoms with E-state index < -0.39 is 35.6 Å². The molecule has 15 heteroatoms. The fraction of sp³-hybridized carbons (Fsp3) is 0.200. The molecular formula is C20H15ClN6O5S3. The van der Waals surface area contributed by atoms with Gasteiger partial charge in [0.25, 0.3) is 11.8 Å². The van der Waals surface area contributed by atoms with Gasteiger partial charge in [0.15, 0.2) is 15.2 Å². The number of oxime groups is 1. The Bertz CT molecular complexity index is 1420. The van der Waals surface area contributed by atoms with Gasteiger partial charge in [-0.2, -0.15) is 0 Å². The smallest absolute Gasteiger partial charge is 0.353 e. The number of halogens is 1. The predicted molar refractivity (Wildman–Crippen MR) is 132 cm³/mol. The molecule has 0 unspecified atom stereocenters. The van der Waals surface area contributed by atoms with E-state index in [0.29, 0.717) is 22.1 Å². The molecule has 2 aliphatic rings. The molecule has 0 aliphatic carbocycles. The maximum Gasteiger partial charge on any atom is 0.353 e. The SMILES string of the molecule is Nc1nc(/C(=N/O)C(=O)N[C@@H]2C(=O)N3C(C(=O)O)=C(Sc4nc5ccccc5s4)CC[C@H]23)c(Cl)s1. The third-order valence-electron chi connectivity index (χ3n) is 5.51. The zero-order valence-electron chi connectivity index (χ0n) is 17.5. The number of carboxylic acid groups (broad SMARTS) is 1. The number of amides is 2. The monoisotopic (exact) mass is 550 g/mol. The summed E-state index contributed by atoms with van der Waals surface area (Å²) >= 11 is 9.58. The normalized spacial score (nSPS) is 20.1. The quantitative estimate of drug-likeness (QED) is 0.156. The summed E-state index contributed by atoms with van der Waals surface area (Å²) in [4.78, 5) is 47.9. The van der Waals surface area contributed by atoms with Gasteiger partial charge in [0.2, 0.25) is 0 Å². The highest BCUT2D eigenvalue weighted by molar-refractivity contribution is 8.04. The van der Waals surface area contributed by atoms with Crippen LogP contribution in [-0.2, 0) is 14.4 Å². The minimum Gasteiger partial charge on any atom is -0.477 e. The van der Waals surface area contributed by atoms with Crippen LogP contribution in [0.25, 0.3) is 10.2 Å². The van der Waals surface area contributed by atoms with E-state index in [9.17, 15) is 24.7 Å². The second kappa shape index (κ2) is 9.11. The Morgan fingerprint density at radius 1 is 1.29 bits per heavy atom. The average Bonchev–Trinajstić information content (AvgIpc) is 3.38. The third-order valence-corrected chi connectivity index (χ3v) is 8.83. The Morgan fingerprint density at radius 3 is 2.71 bits per heavy atom. The number of benzene rings is 1. The van der Waals surface area contributed by atoms with Gasteiger partial charge >= 0.3 is 5.97 Å². The van der Waals surface area contributed by atoms with Crippen molar-refractivity contribution in [3.63, 3.8) is 0 Å². The van der Waals surface area contributed by atoms with Crippen molar-refractivity contribution in [2.24, 2.45) is 5.16 Å². The Morgan fingerprint density at radius 2 is 2.06 bits per heavy atom. The second-order valence-electron chi connectivity index (χ2n) is 7.51. The number of nitrogens with two attached hydrogens (primary N) is 1. The lowest BCUT2D eigenvalue weighted by Gasteiger charge is -2.49. The third kappa shape index (κ3) is 4.11. The molecule has 2 amide bonds. The predicted octanol–water partition coefficient (Wildman–Crippen LogP) is 2.74. The van der Waals surface area contributed by atoms with Crippen LogP contribution in [0.5, 0.6) is 0 Å². The lowest BCUT2D eigenvalue weighted by Crippen LogP contribution is -2.72. The summed E-state index contributed by atoms with van der Waals surface area (Å²) in [5.74, 6) is -2.70. The van der Waals surface area contributed by atoms with Crippen LogP contribution in [0.15, 0.2) is 44.4 Å². The van der Waals surface area contributed by atoms with Gasteiger partial charge in [-0.05, 0) is 25.0 Å². The molecule has 2 atom stereocenters. The first-order valence-electron chi connectivity index (χ1n) is 10.1. The molecule has 5 N–H and O–H groups in total. The average molecular weight is 551 g/mol. The summed E-state index contributed by atoms with van der Waals surface area (Å²) in [6.07, 6.45) is 0.815. The molecule has 11 nitrogen and oxygen atoms in total. The lowest BCUT2D eigenvalue weighted by molar-refractivity contribution is -0.155. The van der Waals surface area contributed by atoms with Crippen LogP contribution in [0.1, 0.15) is 18.5 Å². The van der Waals surface area contributed by atoms with Crippen molar-refractivity contribution in [2.45, 2.75) is 29.3 Å². The van der Waals surface area contributed by atoms with E-state index in [0.717, 1.165) is 21.6 Å². The van der Waals surface area contributed by atoms with Crippen molar-refractivity contribution in [1.29, 1.82) is 0 Å². The molecule has 1 saturated heterocycles. The van der Waals surface area contributed by atoms with Gasteiger partial charge in [-0.15, -0.1) is 11.3 Å². The summed E-state index contributed by atoms with van der Waals surface area (Å²) in [5.41, 5.74) is 5.68. The van der Waals surface area contributed by atoms with Gasteiger partial charge < -0.3 is 21.4 Å². The molecule has 2 aromatic heterocycles. The minimum absolute atomic E-state index is 0.0530. The highest BCUT2D eigenvalue weighted by atomic mass is 35.5. The molecule has 5 rings (SSSR count). The van der Waals surface area contributed by atoms with Crippen molar-refractivity contribution in [1.82, 2.24) is 20.2 Å². The number of rotatable bonds is 6. The van der Waals surface area contributed by atoms with Gasteiger partial charge in [0.1, 0.15) is 21.8 Å². The van der Waals surface area contributed by atoms with Gasteiger partial charge in [0.05, 0.1) is 16.3 Å². The number of thioether (sulfide) groups is 1. The van der Waals surface area contributed by atoms with E-state index in [1.165, 1.54) is 28.0 Å². The number of nitrogen functional groups attached to an aromatic ring is 1. The van der Waals surface area contributed by atoms with E-state index in [1.54, 1.807) is 0 Å². The second-order valence-corrected chi connectivity index (χ2v) is 11.5. The number of nitrogens with zero attached hydrogens (tertiary/aromatic N) is 4. The van der Waals surface area contributed by atoms with Crippen LogP contribution in [0, 0.1) is 0 Å². The van der Waals surface area contributed by atoms with Crippen LogP contribution in [-0.4, -0.2) is 60.8 Å². The number of anilines is 1. The standard InChI is InChI=1S/C20H15ClN6O5S3/c21-15-12(25-19(22)35-15)13(26-32)16(28)24-11-8-5-6-10(14(18(30)31)27(8)17(11)29)34-20-23-7-3-1-2-4-9(7)33-20/h1-4,8,11,32H,5-6H2,(H2,22,25)(H,24,28)(H,30,31)/b26-13-/t8-,11+/m1/s1. The molecule has 1 fully saturated rings. The molecule has 0 saturated carbocycles. The number of β-lactam (4-membered cyclic amide) rings is 1. The summed E-state index contributed by atoms with van der Waals surface area (Å²) in [7, 11) is 0. The number of fused-ring (bicyclic) bond motifs is 2. The first-order valence-corrected chi connectivity index (χ1v) is 12.9. The van der Waals surface area contributed by atoms with Crippen molar-refractivity contribution >= 4 is 84.9 Å². The number of carbonyl (C=O) groups is 3. The molecule has 3 aromatic rings. The van der Waals surface area contributed by atoms with Crippen LogP contribution in [0.3, 0.4) is 0 Å². The zero-order chi connectivity index (χ0) is 24.9. The number of hydrogen-bond acceptors (Lipinski definition) is 11. The Balaban J connectivity index is 1.36. The number of para-hydroxylation sites is 1. The fourth-order valence-corrected chi connectivity index (χ4v) is 7.22. The number of nitrogens with one attached hydrogen (secondary N) is 1. The van der Waals surface area contributed by atoms with E-state index >= 15 is 0 Å². The Hall–Kier alpha value is -3.20. The number of carbonyl (C=O) groups excluding carboxylic acids is 2. The first kappa shape index (κ1) is 23.5. The summed E-state index contributed by atoms with van der Waals surface area (Å²) in [6.45, 7) is 0. The first-order chi connectivity index (χ1) is 16.8. The molecule has 180 valence electrons. The van der Waals surface area contributed by atoms with E-state index in [2.05, 4.69) is 20.4 Å². The van der Waals surface area contributed by atoms with Crippen molar-refractivity contribution in [3.05, 3.63) is 44.9 Å². The maximum atomic E-state index is 12.9. The topological polar surface area (TPSA) is 171 Å². The van der Waals surface area contributed by atoms with Crippen LogP contribution in [0.4, 0.5) is 5.13 Å². The Kier molecular flexibility index (Phi) is 6.13. The highest BCUT2D eigenvalue weighted by Gasteiger charge is 2.54. The molecular weight excluding hydrogens is 536 g/mol. The molecule has 2 aliphatic heterocycles. The van der Waals surface area contributed by atoms with E-state index in [4.69, 9.17) is 17.3 Å². The van der Waals surface area contributed by atoms with Gasteiger partial charge in [-0.25, -0.2) is 14.8 Å². The van der Waals surface area contributed by atoms with E-state index in [1.807, 2.05) is 24.3 Å². The van der Waals surface area contributed by atoms with Crippen molar-refractivity contribution in [2.75, 3.05) is 5.73 Å². The highest BCUT2D eigenvalue weighted by Crippen LogP contribution is 2.44. The zero-order valence-corrected chi connectivity index (χ0v) is 20.7. The summed E-state index contributed by atoms with van der Waals surface area (Å²) < 4.78 is 1.71. The molecule has 4 heterocycles. The number of hydrogen-bond donors (Lipinski definition) is 4. The minimum atomic E-state index is -1.24.